The van der Waals surface area contributed by atoms with Crippen LogP contribution in [0.5, 0.6) is 0 Å². The number of rotatable bonds is 2. The Morgan fingerprint density at radius 1 is 0.743 bits per heavy atom. The van der Waals surface area contributed by atoms with Crippen molar-refractivity contribution < 1.29 is 0 Å². The number of nitrogens with zero attached hydrogens (tertiary/aromatic N) is 1. The number of fused-ring (bicyclic) bond motifs is 8. The molecule has 0 unspecified atom stereocenters. The van der Waals surface area contributed by atoms with Gasteiger partial charge < -0.3 is 5.32 Å². The number of benzene rings is 2. The highest BCUT2D eigenvalue weighted by molar-refractivity contribution is 5.82. The van der Waals surface area contributed by atoms with Gasteiger partial charge in [0.2, 0.25) is 0 Å². The van der Waals surface area contributed by atoms with Gasteiger partial charge in [-0.1, -0.05) is 66.8 Å². The van der Waals surface area contributed by atoms with Gasteiger partial charge in [-0.2, -0.15) is 0 Å². The van der Waals surface area contributed by atoms with Crippen LogP contribution in [0.4, 0.5) is 0 Å². The van der Waals surface area contributed by atoms with E-state index >= 15 is 0 Å². The maximum absolute atomic E-state index is 4.20. The van der Waals surface area contributed by atoms with E-state index in [1.165, 1.54) is 64.8 Å². The molecule has 3 aliphatic carbocycles. The number of aromatic nitrogens is 1. The Kier molecular flexibility index (Phi) is 6.02. The van der Waals surface area contributed by atoms with E-state index < -0.39 is 0 Å². The number of pyridine rings is 1. The summed E-state index contributed by atoms with van der Waals surface area (Å²) < 4.78 is 0. The van der Waals surface area contributed by atoms with E-state index in [0.717, 1.165) is 18.4 Å². The molecular weight excluding hydrogens is 424 g/mol. The van der Waals surface area contributed by atoms with Crippen LogP contribution in [0.25, 0.3) is 29.4 Å². The van der Waals surface area contributed by atoms with E-state index in [9.17, 15) is 0 Å². The fraction of sp³-hybridized carbons (Fsp3) is 0.182. The quantitative estimate of drug-likeness (QED) is 0.429. The van der Waals surface area contributed by atoms with Gasteiger partial charge in [-0.3, -0.25) is 4.98 Å². The Hall–Kier alpha value is -3.91. The third kappa shape index (κ3) is 4.57. The molecule has 2 aromatic carbocycles. The van der Waals surface area contributed by atoms with Crippen molar-refractivity contribution in [2.75, 3.05) is 0 Å². The first kappa shape index (κ1) is 21.6. The topological polar surface area (TPSA) is 24.9 Å². The molecule has 1 aromatic heterocycles. The lowest BCUT2D eigenvalue weighted by Gasteiger charge is -2.26. The van der Waals surface area contributed by atoms with Crippen molar-refractivity contribution in [2.45, 2.75) is 38.5 Å². The molecule has 5 aliphatic rings. The van der Waals surface area contributed by atoms with Gasteiger partial charge in [0, 0.05) is 24.3 Å². The standard InChI is InChI=1S/C25H21N.C8H9N/c1-2-8-21-19(6-1)12-13-25-23-9-3-7-20(22(23)14-15-24(21)25)11-10-18-5-4-16-26-17-18;1-3-8-4-2-7(1)5-6-9-8/h1,3-7,9-13,16-17H,2,8,14-15H2;1,3,5-6,9H,2,4H2/b11-10+;. The molecule has 2 bridgehead atoms. The Morgan fingerprint density at radius 2 is 1.69 bits per heavy atom. The molecular formula is C33H30N2. The lowest BCUT2D eigenvalue weighted by atomic mass is 9.78. The molecule has 0 radical (unpaired) electrons. The van der Waals surface area contributed by atoms with Gasteiger partial charge in [-0.15, -0.1) is 0 Å². The van der Waals surface area contributed by atoms with E-state index in [1.54, 1.807) is 11.1 Å². The molecule has 35 heavy (non-hydrogen) atoms. The van der Waals surface area contributed by atoms with Crippen molar-refractivity contribution in [1.29, 1.82) is 0 Å². The van der Waals surface area contributed by atoms with E-state index in [0.29, 0.717) is 0 Å². The second kappa shape index (κ2) is 9.76. The maximum atomic E-state index is 4.20. The van der Waals surface area contributed by atoms with Gasteiger partial charge in [0.15, 0.2) is 0 Å². The lowest BCUT2D eigenvalue weighted by molar-refractivity contribution is 0.874. The van der Waals surface area contributed by atoms with Crippen LogP contribution in [0.2, 0.25) is 0 Å². The van der Waals surface area contributed by atoms with Gasteiger partial charge in [0.1, 0.15) is 0 Å². The molecule has 0 spiro atoms. The fourth-order valence-corrected chi connectivity index (χ4v) is 5.51. The van der Waals surface area contributed by atoms with E-state index in [2.05, 4.69) is 89.2 Å². The minimum absolute atomic E-state index is 1.12. The van der Waals surface area contributed by atoms with Crippen LogP contribution in [0, 0.1) is 0 Å². The molecule has 1 N–H and O–H groups in total. The monoisotopic (exact) mass is 454 g/mol. The Morgan fingerprint density at radius 3 is 2.57 bits per heavy atom. The highest BCUT2D eigenvalue weighted by atomic mass is 14.9. The molecule has 0 atom stereocenters. The minimum atomic E-state index is 1.12. The summed E-state index contributed by atoms with van der Waals surface area (Å²) in [5, 5.41) is 3.20. The largest absolute Gasteiger partial charge is 0.365 e. The molecule has 2 aliphatic heterocycles. The average molecular weight is 455 g/mol. The Labute approximate surface area is 208 Å². The smallest absolute Gasteiger partial charge is 0.0340 e. The molecule has 172 valence electrons. The van der Waals surface area contributed by atoms with Crippen LogP contribution in [0.15, 0.2) is 96.6 Å². The van der Waals surface area contributed by atoms with Crippen molar-refractivity contribution in [3.63, 3.8) is 0 Å². The van der Waals surface area contributed by atoms with Gasteiger partial charge in [-0.05, 0) is 107 Å². The zero-order chi connectivity index (χ0) is 23.5. The third-order valence-corrected chi connectivity index (χ3v) is 7.34. The highest BCUT2D eigenvalue weighted by Gasteiger charge is 2.22. The summed E-state index contributed by atoms with van der Waals surface area (Å²) >= 11 is 0. The summed E-state index contributed by atoms with van der Waals surface area (Å²) in [4.78, 5) is 4.20. The van der Waals surface area contributed by atoms with Crippen molar-refractivity contribution in [3.05, 3.63) is 130 Å². The molecule has 0 amide bonds. The number of hydrogen-bond donors (Lipinski definition) is 1. The number of hydrogen-bond acceptors (Lipinski definition) is 2. The second-order valence-corrected chi connectivity index (χ2v) is 9.50. The van der Waals surface area contributed by atoms with Crippen LogP contribution < -0.4 is 5.32 Å². The van der Waals surface area contributed by atoms with Crippen molar-refractivity contribution >= 4 is 18.2 Å². The van der Waals surface area contributed by atoms with Crippen molar-refractivity contribution in [2.24, 2.45) is 0 Å². The zero-order valence-corrected chi connectivity index (χ0v) is 20.0. The molecule has 2 nitrogen and oxygen atoms in total. The van der Waals surface area contributed by atoms with Gasteiger partial charge in [-0.25, -0.2) is 0 Å². The minimum Gasteiger partial charge on any atom is -0.365 e. The second-order valence-electron chi connectivity index (χ2n) is 9.50. The lowest BCUT2D eigenvalue weighted by Crippen LogP contribution is -2.10. The summed E-state index contributed by atoms with van der Waals surface area (Å²) in [7, 11) is 0. The van der Waals surface area contributed by atoms with E-state index in [4.69, 9.17) is 0 Å². The summed E-state index contributed by atoms with van der Waals surface area (Å²) in [6, 6.07) is 15.4. The number of allylic oxidation sites excluding steroid dienone is 6. The van der Waals surface area contributed by atoms with Crippen LogP contribution in [0.1, 0.15) is 52.6 Å². The average Bonchev–Trinajstić information content (AvgIpc) is 3.30. The molecule has 0 saturated carbocycles. The van der Waals surface area contributed by atoms with Crippen molar-refractivity contribution in [1.82, 2.24) is 10.3 Å². The predicted molar refractivity (Wildman–Crippen MR) is 147 cm³/mol. The number of nitrogens with one attached hydrogen (secondary N) is 1. The van der Waals surface area contributed by atoms with Crippen LogP contribution in [-0.4, -0.2) is 4.98 Å². The molecule has 0 fully saturated rings. The van der Waals surface area contributed by atoms with Crippen LogP contribution in [0.3, 0.4) is 0 Å². The molecule has 2 heteroatoms. The summed E-state index contributed by atoms with van der Waals surface area (Å²) in [5.74, 6) is 0. The van der Waals surface area contributed by atoms with Crippen LogP contribution >= 0.6 is 0 Å². The fourth-order valence-electron chi connectivity index (χ4n) is 5.51. The van der Waals surface area contributed by atoms with E-state index in [1.807, 2.05) is 24.7 Å². The first-order chi connectivity index (χ1) is 17.3. The Bertz CT molecular complexity index is 1400. The summed E-state index contributed by atoms with van der Waals surface area (Å²) in [5.41, 5.74) is 14.2. The van der Waals surface area contributed by atoms with Crippen LogP contribution in [-0.2, 0) is 19.3 Å². The SMILES string of the molecule is C1=CC2=CC=C(CC2)N1.C1=Cc2ccc3c(c2CC1)CCc1c(/C=C/c2cccnc2)cccc1-3. The van der Waals surface area contributed by atoms with Gasteiger partial charge in [0.25, 0.3) is 0 Å². The summed E-state index contributed by atoms with van der Waals surface area (Å²) in [6.45, 7) is 0. The van der Waals surface area contributed by atoms with Crippen molar-refractivity contribution in [3.8, 4) is 11.1 Å². The predicted octanol–water partition coefficient (Wildman–Crippen LogP) is 7.68. The summed E-state index contributed by atoms with van der Waals surface area (Å²) in [6.07, 6.45) is 28.2. The molecule has 3 heterocycles. The Balaban J connectivity index is 0.000000212. The maximum Gasteiger partial charge on any atom is 0.0340 e. The third-order valence-electron chi connectivity index (χ3n) is 7.34. The first-order valence-electron chi connectivity index (χ1n) is 12.7. The van der Waals surface area contributed by atoms with Gasteiger partial charge >= 0.3 is 0 Å². The normalized spacial score (nSPS) is 16.7. The first-order valence-corrected chi connectivity index (χ1v) is 12.7. The van der Waals surface area contributed by atoms with E-state index in [-0.39, 0.29) is 0 Å². The molecule has 8 rings (SSSR count). The highest BCUT2D eigenvalue weighted by Crippen LogP contribution is 2.39. The molecule has 3 aromatic rings. The zero-order valence-electron chi connectivity index (χ0n) is 20.0. The van der Waals surface area contributed by atoms with Gasteiger partial charge in [0.05, 0.1) is 0 Å². The molecule has 0 saturated heterocycles.